The van der Waals surface area contributed by atoms with Gasteiger partial charge in [-0.05, 0) is 68.1 Å². The number of rotatable bonds is 6. The fourth-order valence-corrected chi connectivity index (χ4v) is 4.93. The summed E-state index contributed by atoms with van der Waals surface area (Å²) >= 11 is 6.30. The Balaban J connectivity index is 1.43. The molecule has 0 atom stereocenters. The van der Waals surface area contributed by atoms with Crippen LogP contribution in [-0.2, 0) is 9.84 Å². The molecule has 35 heavy (non-hydrogen) atoms. The van der Waals surface area contributed by atoms with E-state index in [0.29, 0.717) is 27.2 Å². The van der Waals surface area contributed by atoms with Gasteiger partial charge < -0.3 is 15.0 Å². The third kappa shape index (κ3) is 5.84. The second-order valence-corrected chi connectivity index (χ2v) is 11.1. The highest BCUT2D eigenvalue weighted by Gasteiger charge is 2.22. The van der Waals surface area contributed by atoms with Crippen molar-refractivity contribution in [1.82, 2.24) is 9.97 Å². The number of aromatic nitrogens is 2. The molecule has 182 valence electrons. The van der Waals surface area contributed by atoms with Gasteiger partial charge in [0, 0.05) is 31.1 Å². The topological polar surface area (TPSA) is 108 Å². The van der Waals surface area contributed by atoms with Crippen LogP contribution in [0.1, 0.15) is 29.5 Å². The Morgan fingerprint density at radius 1 is 1.17 bits per heavy atom. The molecule has 1 N–H and O–H groups in total. The van der Waals surface area contributed by atoms with Crippen LogP contribution in [0, 0.1) is 25.2 Å². The Morgan fingerprint density at radius 2 is 1.86 bits per heavy atom. The van der Waals surface area contributed by atoms with Gasteiger partial charge >= 0.3 is 0 Å². The summed E-state index contributed by atoms with van der Waals surface area (Å²) in [4.78, 5) is 11.3. The first kappa shape index (κ1) is 24.8. The van der Waals surface area contributed by atoms with Gasteiger partial charge in [0.1, 0.15) is 10.8 Å². The van der Waals surface area contributed by atoms with Crippen molar-refractivity contribution in [3.63, 3.8) is 0 Å². The summed E-state index contributed by atoms with van der Waals surface area (Å²) in [6, 6.07) is 12.9. The van der Waals surface area contributed by atoms with E-state index in [4.69, 9.17) is 21.6 Å². The van der Waals surface area contributed by atoms with Crippen LogP contribution in [0.3, 0.4) is 0 Å². The van der Waals surface area contributed by atoms with Crippen LogP contribution in [0.5, 0.6) is 11.6 Å². The minimum Gasteiger partial charge on any atom is -0.437 e. The van der Waals surface area contributed by atoms with E-state index >= 15 is 0 Å². The number of ether oxygens (including phenoxy) is 1. The van der Waals surface area contributed by atoms with Crippen molar-refractivity contribution in [2.45, 2.75) is 37.6 Å². The highest BCUT2D eigenvalue weighted by Crippen LogP contribution is 2.33. The smallest absolute Gasteiger partial charge is 0.243 e. The maximum absolute atomic E-state index is 11.9. The number of piperidine rings is 1. The average molecular weight is 512 g/mol. The van der Waals surface area contributed by atoms with Crippen molar-refractivity contribution < 1.29 is 13.2 Å². The molecular weight excluding hydrogens is 486 g/mol. The molecule has 0 saturated carbocycles. The number of benzene rings is 2. The van der Waals surface area contributed by atoms with Gasteiger partial charge in [-0.15, -0.1) is 0 Å². The number of nitrogens with zero attached hydrogens (tertiary/aromatic N) is 4. The van der Waals surface area contributed by atoms with Crippen molar-refractivity contribution >= 4 is 33.1 Å². The summed E-state index contributed by atoms with van der Waals surface area (Å²) in [5.74, 6) is 1.28. The predicted molar refractivity (Wildman–Crippen MR) is 136 cm³/mol. The first-order chi connectivity index (χ1) is 16.6. The molecule has 0 spiro atoms. The first-order valence-electron chi connectivity index (χ1n) is 11.2. The number of sulfone groups is 1. The molecule has 1 aliphatic rings. The highest BCUT2D eigenvalue weighted by molar-refractivity contribution is 7.90. The Morgan fingerprint density at radius 3 is 2.49 bits per heavy atom. The summed E-state index contributed by atoms with van der Waals surface area (Å²) in [7, 11) is -3.25. The molecule has 1 fully saturated rings. The number of anilines is 2. The summed E-state index contributed by atoms with van der Waals surface area (Å²) in [6.45, 7) is 5.28. The maximum Gasteiger partial charge on any atom is 0.243 e. The van der Waals surface area contributed by atoms with Gasteiger partial charge in [0.2, 0.25) is 11.8 Å². The van der Waals surface area contributed by atoms with E-state index in [1.165, 1.54) is 12.5 Å². The largest absolute Gasteiger partial charge is 0.437 e. The lowest BCUT2D eigenvalue weighted by Crippen LogP contribution is -2.39. The number of nitrogens with one attached hydrogen (secondary N) is 1. The quantitative estimate of drug-likeness (QED) is 0.498. The van der Waals surface area contributed by atoms with Gasteiger partial charge in [-0.2, -0.15) is 10.2 Å². The van der Waals surface area contributed by atoms with Gasteiger partial charge in [0.25, 0.3) is 0 Å². The molecule has 1 aliphatic heterocycles. The summed E-state index contributed by atoms with van der Waals surface area (Å²) < 4.78 is 29.8. The van der Waals surface area contributed by atoms with Crippen molar-refractivity contribution in [2.24, 2.45) is 0 Å². The third-order valence-electron chi connectivity index (χ3n) is 5.94. The Bertz CT molecular complexity index is 1370. The minimum absolute atomic E-state index is 0.150. The van der Waals surface area contributed by atoms with Crippen molar-refractivity contribution in [3.8, 4) is 17.7 Å². The van der Waals surface area contributed by atoms with Crippen molar-refractivity contribution in [1.29, 1.82) is 5.26 Å². The Kier molecular flexibility index (Phi) is 7.15. The fraction of sp³-hybridized carbons (Fsp3) is 0.320. The van der Waals surface area contributed by atoms with Crippen LogP contribution in [0.15, 0.2) is 47.5 Å². The standard InChI is InChI=1S/C25H26ClN5O3S/c1-16-11-18(14-27)12-17(2)23(16)34-24-22(26)15-28-25(30-24)29-19-7-9-31(10-8-19)20-5-4-6-21(13-20)35(3,32)33/h4-6,11-13,15,19H,7-10H2,1-3H3,(H,28,29,30). The van der Waals surface area contributed by atoms with Crippen LogP contribution in [0.25, 0.3) is 0 Å². The molecular formula is C25H26ClN5O3S. The van der Waals surface area contributed by atoms with Crippen molar-refractivity contribution in [3.05, 3.63) is 64.3 Å². The van der Waals surface area contributed by atoms with Gasteiger partial charge in [0.05, 0.1) is 22.7 Å². The normalized spacial score (nSPS) is 14.4. The van der Waals surface area contributed by atoms with E-state index in [0.717, 1.165) is 42.7 Å². The summed E-state index contributed by atoms with van der Waals surface area (Å²) in [6.07, 6.45) is 4.39. The highest BCUT2D eigenvalue weighted by atomic mass is 35.5. The van der Waals surface area contributed by atoms with Gasteiger partial charge in [-0.3, -0.25) is 0 Å². The Labute approximate surface area is 210 Å². The third-order valence-corrected chi connectivity index (χ3v) is 7.31. The van der Waals surface area contributed by atoms with Gasteiger partial charge in [0.15, 0.2) is 9.84 Å². The van der Waals surface area contributed by atoms with E-state index < -0.39 is 9.84 Å². The average Bonchev–Trinajstić information content (AvgIpc) is 2.83. The van der Waals surface area contributed by atoms with Gasteiger partial charge in [-0.1, -0.05) is 17.7 Å². The molecule has 1 aromatic heterocycles. The summed E-state index contributed by atoms with van der Waals surface area (Å²) in [5.41, 5.74) is 3.10. The number of halogens is 1. The molecule has 8 nitrogen and oxygen atoms in total. The SMILES string of the molecule is Cc1cc(C#N)cc(C)c1Oc1nc(NC2CCN(c3cccc(S(C)(=O)=O)c3)CC2)ncc1Cl. The zero-order valence-corrected chi connectivity index (χ0v) is 21.3. The Hall–Kier alpha value is -3.35. The molecule has 2 aromatic carbocycles. The molecule has 1 saturated heterocycles. The molecule has 0 bridgehead atoms. The second-order valence-electron chi connectivity index (χ2n) is 8.67. The van der Waals surface area contributed by atoms with Crippen molar-refractivity contribution in [2.75, 3.05) is 29.6 Å². The number of hydrogen-bond acceptors (Lipinski definition) is 8. The molecule has 10 heteroatoms. The predicted octanol–water partition coefficient (Wildman–Crippen LogP) is 4.90. The summed E-state index contributed by atoms with van der Waals surface area (Å²) in [5, 5.41) is 12.8. The fourth-order valence-electron chi connectivity index (χ4n) is 4.14. The van der Waals surface area contributed by atoms with Crippen LogP contribution in [-0.4, -0.2) is 43.8 Å². The van der Waals surface area contributed by atoms with E-state index in [9.17, 15) is 8.42 Å². The van der Waals surface area contributed by atoms with E-state index in [2.05, 4.69) is 26.3 Å². The van der Waals surface area contributed by atoms with Crippen LogP contribution in [0.2, 0.25) is 5.02 Å². The molecule has 0 radical (unpaired) electrons. The minimum atomic E-state index is -3.25. The molecule has 4 rings (SSSR count). The number of hydrogen-bond donors (Lipinski definition) is 1. The van der Waals surface area contributed by atoms with Crippen LogP contribution < -0.4 is 15.0 Å². The lowest BCUT2D eigenvalue weighted by atomic mass is 10.0. The van der Waals surface area contributed by atoms with E-state index in [1.54, 1.807) is 30.3 Å². The molecule has 0 aliphatic carbocycles. The second kappa shape index (κ2) is 10.1. The van der Waals surface area contributed by atoms with Crippen LogP contribution >= 0.6 is 11.6 Å². The number of aryl methyl sites for hydroxylation is 2. The zero-order chi connectivity index (χ0) is 25.2. The first-order valence-corrected chi connectivity index (χ1v) is 13.4. The lowest BCUT2D eigenvalue weighted by molar-refractivity contribution is 0.454. The molecule has 2 heterocycles. The number of nitriles is 1. The monoisotopic (exact) mass is 511 g/mol. The molecule has 3 aromatic rings. The molecule has 0 amide bonds. The lowest BCUT2D eigenvalue weighted by Gasteiger charge is -2.34. The van der Waals surface area contributed by atoms with Gasteiger partial charge in [-0.25, -0.2) is 13.4 Å². The van der Waals surface area contributed by atoms with Crippen LogP contribution in [0.4, 0.5) is 11.6 Å². The van der Waals surface area contributed by atoms with E-state index in [-0.39, 0.29) is 11.9 Å². The zero-order valence-electron chi connectivity index (χ0n) is 19.7. The van der Waals surface area contributed by atoms with E-state index in [1.807, 2.05) is 19.9 Å². The molecule has 0 unspecified atom stereocenters. The maximum atomic E-state index is 11.9.